The molecule has 5 heteroatoms. The Labute approximate surface area is 122 Å². The summed E-state index contributed by atoms with van der Waals surface area (Å²) in [7, 11) is 0. The minimum Gasteiger partial charge on any atom is -0.507 e. The van der Waals surface area contributed by atoms with Crippen LogP contribution in [0.5, 0.6) is 5.75 Å². The van der Waals surface area contributed by atoms with Crippen molar-refractivity contribution < 1.29 is 9.90 Å². The van der Waals surface area contributed by atoms with Crippen LogP contribution in [0.4, 0.5) is 0 Å². The molecule has 0 spiro atoms. The molecule has 0 aromatic heterocycles. The lowest BCUT2D eigenvalue weighted by atomic mass is 10.2. The van der Waals surface area contributed by atoms with Crippen LogP contribution in [0, 0.1) is 5.92 Å². The Morgan fingerprint density at radius 1 is 1.42 bits per heavy atom. The van der Waals surface area contributed by atoms with E-state index in [2.05, 4.69) is 40.4 Å². The molecule has 4 nitrogen and oxygen atoms in total. The van der Waals surface area contributed by atoms with Crippen LogP contribution in [0.2, 0.25) is 0 Å². The van der Waals surface area contributed by atoms with Gasteiger partial charge in [0, 0.05) is 26.1 Å². The molecule has 1 aromatic carbocycles. The van der Waals surface area contributed by atoms with E-state index in [1.54, 1.807) is 6.07 Å². The number of phenolic OH excluding ortho intramolecular Hbond substituents is 1. The summed E-state index contributed by atoms with van der Waals surface area (Å²) in [6.07, 6.45) is 0.478. The van der Waals surface area contributed by atoms with E-state index in [-0.39, 0.29) is 11.7 Å². The van der Waals surface area contributed by atoms with E-state index in [0.29, 0.717) is 29.9 Å². The van der Waals surface area contributed by atoms with Gasteiger partial charge in [-0.2, -0.15) is 0 Å². The average Bonchev–Trinajstić information content (AvgIpc) is 2.36. The first-order valence-electron chi connectivity index (χ1n) is 6.44. The van der Waals surface area contributed by atoms with Gasteiger partial charge in [-0.25, -0.2) is 0 Å². The highest BCUT2D eigenvalue weighted by Crippen LogP contribution is 2.24. The maximum atomic E-state index is 11.5. The predicted octanol–water partition coefficient (Wildman–Crippen LogP) is 2.41. The second kappa shape index (κ2) is 8.17. The van der Waals surface area contributed by atoms with Gasteiger partial charge in [-0.1, -0.05) is 19.9 Å². The van der Waals surface area contributed by atoms with Crippen molar-refractivity contribution in [1.29, 1.82) is 0 Å². The average molecular weight is 329 g/mol. The Morgan fingerprint density at radius 3 is 2.79 bits per heavy atom. The van der Waals surface area contributed by atoms with Crippen LogP contribution < -0.4 is 10.6 Å². The number of hydrogen-bond donors (Lipinski definition) is 3. The Morgan fingerprint density at radius 2 is 2.16 bits per heavy atom. The van der Waals surface area contributed by atoms with Crippen molar-refractivity contribution >= 4 is 21.8 Å². The molecule has 1 aromatic rings. The van der Waals surface area contributed by atoms with Gasteiger partial charge < -0.3 is 15.7 Å². The third kappa shape index (κ3) is 6.59. The Bertz CT molecular complexity index is 422. The summed E-state index contributed by atoms with van der Waals surface area (Å²) in [5.41, 5.74) is 1.06. The van der Waals surface area contributed by atoms with E-state index in [9.17, 15) is 9.90 Å². The van der Waals surface area contributed by atoms with Crippen LogP contribution in [0.25, 0.3) is 0 Å². The number of carbonyl (C=O) groups excluding carboxylic acids is 1. The van der Waals surface area contributed by atoms with Crippen LogP contribution in [0.3, 0.4) is 0 Å². The summed E-state index contributed by atoms with van der Waals surface area (Å²) in [5, 5.41) is 15.5. The summed E-state index contributed by atoms with van der Waals surface area (Å²) in [6.45, 7) is 6.19. The van der Waals surface area contributed by atoms with Crippen molar-refractivity contribution in [3.8, 4) is 5.75 Å². The standard InChI is InChI=1S/C14H21BrN2O2/c1-10(2)8-17-14(19)5-6-16-9-11-3-4-13(18)12(15)7-11/h3-4,7,10,16,18H,5-6,8-9H2,1-2H3,(H,17,19). The molecule has 0 heterocycles. The smallest absolute Gasteiger partial charge is 0.221 e. The van der Waals surface area contributed by atoms with Crippen LogP contribution in [-0.4, -0.2) is 24.1 Å². The van der Waals surface area contributed by atoms with Crippen LogP contribution in [0.1, 0.15) is 25.8 Å². The van der Waals surface area contributed by atoms with Crippen LogP contribution in [-0.2, 0) is 11.3 Å². The maximum absolute atomic E-state index is 11.5. The topological polar surface area (TPSA) is 61.4 Å². The zero-order valence-corrected chi connectivity index (χ0v) is 13.0. The molecule has 3 N–H and O–H groups in total. The minimum absolute atomic E-state index is 0.0769. The first kappa shape index (κ1) is 16.0. The monoisotopic (exact) mass is 328 g/mol. The molecular weight excluding hydrogens is 308 g/mol. The van der Waals surface area contributed by atoms with Crippen molar-refractivity contribution in [2.45, 2.75) is 26.8 Å². The molecule has 0 radical (unpaired) electrons. The molecule has 0 saturated heterocycles. The summed E-state index contributed by atoms with van der Waals surface area (Å²) >= 11 is 3.27. The summed E-state index contributed by atoms with van der Waals surface area (Å²) in [4.78, 5) is 11.5. The highest BCUT2D eigenvalue weighted by Gasteiger charge is 2.02. The number of nitrogens with one attached hydrogen (secondary N) is 2. The van der Waals surface area contributed by atoms with Crippen molar-refractivity contribution in [2.24, 2.45) is 5.92 Å². The second-order valence-corrected chi connectivity index (χ2v) is 5.76. The van der Waals surface area contributed by atoms with Gasteiger partial charge in [-0.05, 0) is 39.5 Å². The minimum atomic E-state index is 0.0769. The fourth-order valence-electron chi connectivity index (χ4n) is 1.50. The van der Waals surface area contributed by atoms with E-state index < -0.39 is 0 Å². The van der Waals surface area contributed by atoms with Crippen molar-refractivity contribution in [2.75, 3.05) is 13.1 Å². The summed E-state index contributed by atoms with van der Waals surface area (Å²) in [6, 6.07) is 5.36. The van der Waals surface area contributed by atoms with Gasteiger partial charge in [0.05, 0.1) is 4.47 Å². The third-order valence-electron chi connectivity index (χ3n) is 2.58. The zero-order chi connectivity index (χ0) is 14.3. The van der Waals surface area contributed by atoms with E-state index in [1.165, 1.54) is 0 Å². The third-order valence-corrected chi connectivity index (χ3v) is 3.21. The summed E-state index contributed by atoms with van der Waals surface area (Å²) in [5.74, 6) is 0.788. The highest BCUT2D eigenvalue weighted by molar-refractivity contribution is 9.10. The van der Waals surface area contributed by atoms with Gasteiger partial charge in [-0.3, -0.25) is 4.79 Å². The van der Waals surface area contributed by atoms with Gasteiger partial charge in [0.25, 0.3) is 0 Å². The Kier molecular flexibility index (Phi) is 6.87. The lowest BCUT2D eigenvalue weighted by Gasteiger charge is -2.08. The SMILES string of the molecule is CC(C)CNC(=O)CCNCc1ccc(O)c(Br)c1. The number of benzene rings is 1. The fourth-order valence-corrected chi connectivity index (χ4v) is 1.93. The number of halogens is 1. The Balaban J connectivity index is 2.20. The molecule has 1 rings (SSSR count). The molecule has 0 saturated carbocycles. The quantitative estimate of drug-likeness (QED) is 0.673. The largest absolute Gasteiger partial charge is 0.507 e. The molecular formula is C14H21BrN2O2. The number of amides is 1. The van der Waals surface area contributed by atoms with Crippen molar-refractivity contribution in [3.05, 3.63) is 28.2 Å². The molecule has 0 aliphatic carbocycles. The lowest BCUT2D eigenvalue weighted by Crippen LogP contribution is -2.30. The number of hydrogen-bond acceptors (Lipinski definition) is 3. The molecule has 0 aliphatic rings. The van der Waals surface area contributed by atoms with Gasteiger partial charge >= 0.3 is 0 Å². The molecule has 0 aliphatic heterocycles. The lowest BCUT2D eigenvalue weighted by molar-refractivity contribution is -0.121. The van der Waals surface area contributed by atoms with E-state index in [1.807, 2.05) is 12.1 Å². The second-order valence-electron chi connectivity index (χ2n) is 4.91. The fraction of sp³-hybridized carbons (Fsp3) is 0.500. The van der Waals surface area contributed by atoms with E-state index in [4.69, 9.17) is 0 Å². The molecule has 0 unspecified atom stereocenters. The molecule has 0 fully saturated rings. The number of carbonyl (C=O) groups is 1. The molecule has 0 bridgehead atoms. The van der Waals surface area contributed by atoms with Gasteiger partial charge in [0.15, 0.2) is 0 Å². The first-order valence-corrected chi connectivity index (χ1v) is 7.23. The number of phenols is 1. The number of aromatic hydroxyl groups is 1. The molecule has 106 valence electrons. The van der Waals surface area contributed by atoms with Crippen LogP contribution >= 0.6 is 15.9 Å². The first-order chi connectivity index (χ1) is 8.99. The van der Waals surface area contributed by atoms with Crippen molar-refractivity contribution in [3.63, 3.8) is 0 Å². The summed E-state index contributed by atoms with van der Waals surface area (Å²) < 4.78 is 0.682. The normalized spacial score (nSPS) is 10.7. The van der Waals surface area contributed by atoms with Gasteiger partial charge in [0.2, 0.25) is 5.91 Å². The zero-order valence-electron chi connectivity index (χ0n) is 11.4. The molecule has 1 amide bonds. The van der Waals surface area contributed by atoms with E-state index >= 15 is 0 Å². The highest BCUT2D eigenvalue weighted by atomic mass is 79.9. The van der Waals surface area contributed by atoms with Gasteiger partial charge in [-0.15, -0.1) is 0 Å². The molecule has 0 atom stereocenters. The number of rotatable bonds is 7. The van der Waals surface area contributed by atoms with Gasteiger partial charge in [0.1, 0.15) is 5.75 Å². The van der Waals surface area contributed by atoms with Crippen LogP contribution in [0.15, 0.2) is 22.7 Å². The van der Waals surface area contributed by atoms with Crippen molar-refractivity contribution in [1.82, 2.24) is 10.6 Å². The van der Waals surface area contributed by atoms with E-state index in [0.717, 1.165) is 12.1 Å². The molecule has 19 heavy (non-hydrogen) atoms. The predicted molar refractivity (Wildman–Crippen MR) is 80.0 cm³/mol. The maximum Gasteiger partial charge on any atom is 0.221 e. The Hall–Kier alpha value is -1.07.